The molecule has 2 rings (SSSR count). The van der Waals surface area contributed by atoms with E-state index in [4.69, 9.17) is 14.2 Å². The zero-order valence-electron chi connectivity index (χ0n) is 9.87. The number of fused-ring (bicyclic) bond motifs is 1. The number of aromatic nitrogens is 1. The number of nitrogens with one attached hydrogen (secondary N) is 1. The number of H-pyrrole nitrogens is 1. The lowest BCUT2D eigenvalue weighted by Gasteiger charge is -2.14. The Morgan fingerprint density at radius 3 is 2.29 bits per heavy atom. The van der Waals surface area contributed by atoms with Crippen LogP contribution in [0, 0.1) is 0 Å². The second kappa shape index (κ2) is 4.37. The molecule has 2 aromatic rings. The van der Waals surface area contributed by atoms with Crippen LogP contribution in [0.1, 0.15) is 0 Å². The number of hydrogen-bond acceptors (Lipinski definition) is 4. The molecule has 0 unspecified atom stereocenters. The lowest BCUT2D eigenvalue weighted by molar-refractivity contribution is 0.327. The van der Waals surface area contributed by atoms with Crippen molar-refractivity contribution in [3.63, 3.8) is 0 Å². The molecule has 0 radical (unpaired) electrons. The maximum absolute atomic E-state index is 11.3. The highest BCUT2D eigenvalue weighted by Gasteiger charge is 2.15. The molecule has 0 aliphatic carbocycles. The Morgan fingerprint density at radius 2 is 1.71 bits per heavy atom. The highest BCUT2D eigenvalue weighted by atomic mass is 16.5. The average molecular weight is 235 g/mol. The molecule has 0 saturated heterocycles. The summed E-state index contributed by atoms with van der Waals surface area (Å²) in [5.74, 6) is 1.56. The molecule has 17 heavy (non-hydrogen) atoms. The first kappa shape index (κ1) is 11.3. The molecule has 0 aliphatic rings. The van der Waals surface area contributed by atoms with Crippen LogP contribution in [-0.2, 0) is 0 Å². The van der Waals surface area contributed by atoms with Gasteiger partial charge < -0.3 is 19.2 Å². The first-order valence-electron chi connectivity index (χ1n) is 5.03. The van der Waals surface area contributed by atoms with Crippen molar-refractivity contribution < 1.29 is 14.2 Å². The smallest absolute Gasteiger partial charge is 0.248 e. The molecule has 0 saturated carbocycles. The van der Waals surface area contributed by atoms with Gasteiger partial charge in [0.15, 0.2) is 11.5 Å². The van der Waals surface area contributed by atoms with Gasteiger partial charge in [-0.05, 0) is 6.07 Å². The van der Waals surface area contributed by atoms with E-state index in [1.165, 1.54) is 20.3 Å². The molecule has 1 N–H and O–H groups in total. The molecular weight excluding hydrogens is 222 g/mol. The number of rotatable bonds is 3. The van der Waals surface area contributed by atoms with E-state index in [-0.39, 0.29) is 5.56 Å². The molecule has 0 fully saturated rings. The van der Waals surface area contributed by atoms with E-state index in [2.05, 4.69) is 4.98 Å². The zero-order valence-corrected chi connectivity index (χ0v) is 9.87. The summed E-state index contributed by atoms with van der Waals surface area (Å²) < 4.78 is 15.8. The molecule has 0 amide bonds. The molecular formula is C12H13NO4. The summed E-state index contributed by atoms with van der Waals surface area (Å²) in [6, 6.07) is 4.84. The number of methoxy groups -OCH3 is 3. The van der Waals surface area contributed by atoms with E-state index in [1.807, 2.05) is 0 Å². The van der Waals surface area contributed by atoms with Crippen LogP contribution in [-0.4, -0.2) is 26.3 Å². The van der Waals surface area contributed by atoms with Gasteiger partial charge in [-0.2, -0.15) is 0 Å². The van der Waals surface area contributed by atoms with Gasteiger partial charge in [0.25, 0.3) is 0 Å². The minimum atomic E-state index is -0.174. The SMILES string of the molecule is COc1cc2[nH]c(=O)ccc2c(OC)c1OC. The minimum Gasteiger partial charge on any atom is -0.493 e. The van der Waals surface area contributed by atoms with Gasteiger partial charge in [0.05, 0.1) is 26.8 Å². The first-order chi connectivity index (χ1) is 8.21. The Hall–Kier alpha value is -2.17. The van der Waals surface area contributed by atoms with E-state index in [1.54, 1.807) is 19.2 Å². The molecule has 5 nitrogen and oxygen atoms in total. The highest BCUT2D eigenvalue weighted by Crippen LogP contribution is 2.42. The third-order valence-electron chi connectivity index (χ3n) is 2.53. The zero-order chi connectivity index (χ0) is 12.4. The quantitative estimate of drug-likeness (QED) is 0.876. The van der Waals surface area contributed by atoms with E-state index >= 15 is 0 Å². The van der Waals surface area contributed by atoms with Crippen molar-refractivity contribution in [1.82, 2.24) is 4.98 Å². The third-order valence-corrected chi connectivity index (χ3v) is 2.53. The maximum Gasteiger partial charge on any atom is 0.248 e. The van der Waals surface area contributed by atoms with E-state index in [9.17, 15) is 4.79 Å². The summed E-state index contributed by atoms with van der Waals surface area (Å²) in [5, 5.41) is 0.768. The van der Waals surface area contributed by atoms with Crippen molar-refractivity contribution in [2.24, 2.45) is 0 Å². The summed E-state index contributed by atoms with van der Waals surface area (Å²) in [7, 11) is 4.61. The van der Waals surface area contributed by atoms with Gasteiger partial charge in [-0.25, -0.2) is 0 Å². The molecule has 0 aliphatic heterocycles. The van der Waals surface area contributed by atoms with Crippen molar-refractivity contribution in [2.45, 2.75) is 0 Å². The second-order valence-electron chi connectivity index (χ2n) is 3.43. The van der Waals surface area contributed by atoms with Crippen LogP contribution in [0.3, 0.4) is 0 Å². The van der Waals surface area contributed by atoms with Crippen LogP contribution in [0.5, 0.6) is 17.2 Å². The molecule has 5 heteroatoms. The van der Waals surface area contributed by atoms with Gasteiger partial charge in [0.2, 0.25) is 11.3 Å². The normalized spacial score (nSPS) is 10.3. The van der Waals surface area contributed by atoms with Crippen LogP contribution in [0.25, 0.3) is 10.9 Å². The summed E-state index contributed by atoms with van der Waals surface area (Å²) >= 11 is 0. The number of hydrogen-bond donors (Lipinski definition) is 1. The monoisotopic (exact) mass is 235 g/mol. The molecule has 90 valence electrons. The average Bonchev–Trinajstić information content (AvgIpc) is 2.35. The van der Waals surface area contributed by atoms with E-state index in [0.717, 1.165) is 5.39 Å². The largest absolute Gasteiger partial charge is 0.493 e. The van der Waals surface area contributed by atoms with Crippen LogP contribution < -0.4 is 19.8 Å². The van der Waals surface area contributed by atoms with Crippen molar-refractivity contribution in [3.8, 4) is 17.2 Å². The Kier molecular flexibility index (Phi) is 2.91. The predicted octanol–water partition coefficient (Wildman–Crippen LogP) is 1.55. The molecule has 0 bridgehead atoms. The fourth-order valence-corrected chi connectivity index (χ4v) is 1.78. The number of ether oxygens (including phenoxy) is 3. The standard InChI is InChI=1S/C12H13NO4/c1-15-9-6-8-7(4-5-10(14)13-8)11(16-2)12(9)17-3/h4-6H,1-3H3,(H,13,14). The van der Waals surface area contributed by atoms with E-state index < -0.39 is 0 Å². The lowest BCUT2D eigenvalue weighted by atomic mass is 10.1. The van der Waals surface area contributed by atoms with Gasteiger partial charge in [-0.15, -0.1) is 0 Å². The number of benzene rings is 1. The molecule has 1 heterocycles. The fourth-order valence-electron chi connectivity index (χ4n) is 1.78. The van der Waals surface area contributed by atoms with Gasteiger partial charge in [0.1, 0.15) is 0 Å². The lowest BCUT2D eigenvalue weighted by Crippen LogP contribution is -2.04. The van der Waals surface area contributed by atoms with Crippen LogP contribution in [0.4, 0.5) is 0 Å². The number of pyridine rings is 1. The van der Waals surface area contributed by atoms with Crippen LogP contribution >= 0.6 is 0 Å². The Morgan fingerprint density at radius 1 is 1.00 bits per heavy atom. The molecule has 1 aromatic heterocycles. The molecule has 0 spiro atoms. The predicted molar refractivity (Wildman–Crippen MR) is 64.2 cm³/mol. The summed E-state index contributed by atoms with van der Waals surface area (Å²) in [6.45, 7) is 0. The molecule has 1 aromatic carbocycles. The summed E-state index contributed by atoms with van der Waals surface area (Å²) in [6.07, 6.45) is 0. The summed E-state index contributed by atoms with van der Waals surface area (Å²) in [4.78, 5) is 14.0. The van der Waals surface area contributed by atoms with Crippen LogP contribution in [0.15, 0.2) is 23.0 Å². The van der Waals surface area contributed by atoms with Gasteiger partial charge in [0, 0.05) is 17.5 Å². The molecule has 0 atom stereocenters. The third kappa shape index (κ3) is 1.80. The Labute approximate surface area is 97.9 Å². The van der Waals surface area contributed by atoms with Crippen molar-refractivity contribution in [2.75, 3.05) is 21.3 Å². The summed E-state index contributed by atoms with van der Waals surface area (Å²) in [5.41, 5.74) is 0.471. The van der Waals surface area contributed by atoms with Gasteiger partial charge >= 0.3 is 0 Å². The Balaban J connectivity index is 2.88. The van der Waals surface area contributed by atoms with Crippen molar-refractivity contribution in [1.29, 1.82) is 0 Å². The van der Waals surface area contributed by atoms with Gasteiger partial charge in [-0.3, -0.25) is 4.79 Å². The Bertz CT molecular complexity index is 603. The van der Waals surface area contributed by atoms with Crippen molar-refractivity contribution >= 4 is 10.9 Å². The maximum atomic E-state index is 11.3. The second-order valence-corrected chi connectivity index (χ2v) is 3.43. The fraction of sp³-hybridized carbons (Fsp3) is 0.250. The van der Waals surface area contributed by atoms with Crippen LogP contribution in [0.2, 0.25) is 0 Å². The topological polar surface area (TPSA) is 60.6 Å². The van der Waals surface area contributed by atoms with E-state index in [0.29, 0.717) is 22.8 Å². The highest BCUT2D eigenvalue weighted by molar-refractivity contribution is 5.90. The minimum absolute atomic E-state index is 0.174. The number of aromatic amines is 1. The van der Waals surface area contributed by atoms with Gasteiger partial charge in [-0.1, -0.05) is 0 Å². The first-order valence-corrected chi connectivity index (χ1v) is 5.03. The van der Waals surface area contributed by atoms with Crippen molar-refractivity contribution in [3.05, 3.63) is 28.6 Å².